The molecule has 0 spiro atoms. The molecule has 0 saturated heterocycles. The summed E-state index contributed by atoms with van der Waals surface area (Å²) in [7, 11) is 1.64. The molecule has 1 aliphatic rings. The molecule has 0 saturated carbocycles. The van der Waals surface area contributed by atoms with Crippen LogP contribution in [0.15, 0.2) is 35.2 Å². The molecule has 2 aromatic rings. The number of aromatic nitrogens is 1. The number of amides is 1. The second-order valence-corrected chi connectivity index (χ2v) is 7.34. The fourth-order valence-corrected chi connectivity index (χ4v) is 3.73. The minimum absolute atomic E-state index is 0.123. The Balaban J connectivity index is 1.56. The van der Waals surface area contributed by atoms with Crippen LogP contribution in [0.25, 0.3) is 0 Å². The van der Waals surface area contributed by atoms with E-state index in [1.807, 2.05) is 25.1 Å². The number of carbonyl (C=O) groups excluding carboxylic acids is 1. The van der Waals surface area contributed by atoms with Crippen LogP contribution in [0.4, 0.5) is 10.8 Å². The summed E-state index contributed by atoms with van der Waals surface area (Å²) in [5, 5.41) is 8.66. The van der Waals surface area contributed by atoms with Crippen LogP contribution in [0.2, 0.25) is 0 Å². The van der Waals surface area contributed by atoms with Gasteiger partial charge in [0.15, 0.2) is 5.13 Å². The van der Waals surface area contributed by atoms with Crippen molar-refractivity contribution >= 4 is 28.1 Å². The summed E-state index contributed by atoms with van der Waals surface area (Å²) in [6.07, 6.45) is 8.14. The number of anilines is 2. The van der Waals surface area contributed by atoms with E-state index in [0.717, 1.165) is 23.4 Å². The average molecular weight is 372 g/mol. The van der Waals surface area contributed by atoms with Crippen LogP contribution < -0.4 is 15.4 Å². The highest BCUT2D eigenvalue weighted by Crippen LogP contribution is 2.30. The SMILES string of the molecule is COc1ccc(C)cc1Nc1nc(C(=O)NCCC2=CCCCC2)cs1. The van der Waals surface area contributed by atoms with Crippen molar-refractivity contribution in [1.29, 1.82) is 0 Å². The molecule has 0 bridgehead atoms. The Morgan fingerprint density at radius 3 is 3.00 bits per heavy atom. The molecule has 5 nitrogen and oxygen atoms in total. The van der Waals surface area contributed by atoms with Gasteiger partial charge in [-0.3, -0.25) is 4.79 Å². The number of ether oxygens (including phenoxy) is 1. The zero-order valence-electron chi connectivity index (χ0n) is 15.3. The van der Waals surface area contributed by atoms with E-state index in [1.165, 1.54) is 42.6 Å². The van der Waals surface area contributed by atoms with Crippen molar-refractivity contribution in [3.63, 3.8) is 0 Å². The highest BCUT2D eigenvalue weighted by Gasteiger charge is 2.12. The Labute approximate surface area is 158 Å². The van der Waals surface area contributed by atoms with Gasteiger partial charge in [0.05, 0.1) is 12.8 Å². The first-order chi connectivity index (χ1) is 12.7. The number of hydrogen-bond acceptors (Lipinski definition) is 5. The van der Waals surface area contributed by atoms with E-state index in [9.17, 15) is 4.79 Å². The van der Waals surface area contributed by atoms with Crippen LogP contribution in [0, 0.1) is 6.92 Å². The number of carbonyl (C=O) groups is 1. The maximum Gasteiger partial charge on any atom is 0.270 e. The second kappa shape index (κ2) is 8.85. The highest BCUT2D eigenvalue weighted by molar-refractivity contribution is 7.14. The Bertz CT molecular complexity index is 798. The minimum Gasteiger partial charge on any atom is -0.495 e. The monoisotopic (exact) mass is 371 g/mol. The van der Waals surface area contributed by atoms with E-state index < -0.39 is 0 Å². The number of methoxy groups -OCH3 is 1. The van der Waals surface area contributed by atoms with Crippen molar-refractivity contribution in [3.8, 4) is 5.75 Å². The molecule has 26 heavy (non-hydrogen) atoms. The lowest BCUT2D eigenvalue weighted by atomic mass is 9.97. The Morgan fingerprint density at radius 2 is 2.23 bits per heavy atom. The maximum atomic E-state index is 12.3. The Morgan fingerprint density at radius 1 is 1.35 bits per heavy atom. The summed E-state index contributed by atoms with van der Waals surface area (Å²) in [5.41, 5.74) is 3.88. The zero-order chi connectivity index (χ0) is 18.4. The van der Waals surface area contributed by atoms with Crippen LogP contribution in [-0.4, -0.2) is 24.5 Å². The molecule has 138 valence electrons. The molecule has 0 fully saturated rings. The number of aryl methyl sites for hydroxylation is 1. The van der Waals surface area contributed by atoms with E-state index in [4.69, 9.17) is 4.74 Å². The van der Waals surface area contributed by atoms with E-state index in [2.05, 4.69) is 21.7 Å². The van der Waals surface area contributed by atoms with Crippen molar-refractivity contribution in [1.82, 2.24) is 10.3 Å². The number of thiazole rings is 1. The lowest BCUT2D eigenvalue weighted by molar-refractivity contribution is 0.0950. The fraction of sp³-hybridized carbons (Fsp3) is 0.400. The molecular formula is C20H25N3O2S. The first-order valence-corrected chi connectivity index (χ1v) is 9.87. The van der Waals surface area contributed by atoms with Crippen LogP contribution in [0.3, 0.4) is 0 Å². The summed E-state index contributed by atoms with van der Waals surface area (Å²) in [5.74, 6) is 0.625. The predicted octanol–water partition coefficient (Wildman–Crippen LogP) is 4.82. The van der Waals surface area contributed by atoms with Gasteiger partial charge in [0.2, 0.25) is 0 Å². The van der Waals surface area contributed by atoms with E-state index >= 15 is 0 Å². The third kappa shape index (κ3) is 4.85. The van der Waals surface area contributed by atoms with Crippen molar-refractivity contribution in [2.75, 3.05) is 19.0 Å². The van der Waals surface area contributed by atoms with Crippen LogP contribution in [0.1, 0.15) is 48.2 Å². The number of benzene rings is 1. The molecule has 0 radical (unpaired) electrons. The van der Waals surface area contributed by atoms with Gasteiger partial charge in [-0.1, -0.05) is 17.7 Å². The smallest absolute Gasteiger partial charge is 0.270 e. The lowest BCUT2D eigenvalue weighted by Gasteiger charge is -2.12. The fourth-order valence-electron chi connectivity index (χ4n) is 3.03. The van der Waals surface area contributed by atoms with Gasteiger partial charge in [0, 0.05) is 11.9 Å². The molecule has 1 aliphatic carbocycles. The number of hydrogen-bond donors (Lipinski definition) is 2. The van der Waals surface area contributed by atoms with Crippen molar-refractivity contribution in [2.24, 2.45) is 0 Å². The largest absolute Gasteiger partial charge is 0.495 e. The van der Waals surface area contributed by atoms with E-state index in [0.29, 0.717) is 17.4 Å². The molecule has 1 aromatic heterocycles. The van der Waals surface area contributed by atoms with Crippen molar-refractivity contribution in [2.45, 2.75) is 39.0 Å². The maximum absolute atomic E-state index is 12.3. The summed E-state index contributed by atoms with van der Waals surface area (Å²) >= 11 is 1.41. The molecule has 2 N–H and O–H groups in total. The molecule has 1 heterocycles. The molecule has 0 atom stereocenters. The molecule has 3 rings (SSSR count). The van der Waals surface area contributed by atoms with Gasteiger partial charge in [-0.25, -0.2) is 4.98 Å². The summed E-state index contributed by atoms with van der Waals surface area (Å²) < 4.78 is 5.37. The molecule has 1 amide bonds. The van der Waals surface area contributed by atoms with Crippen LogP contribution in [-0.2, 0) is 0 Å². The van der Waals surface area contributed by atoms with Gasteiger partial charge in [-0.05, 0) is 56.7 Å². The van der Waals surface area contributed by atoms with Gasteiger partial charge in [-0.2, -0.15) is 0 Å². The third-order valence-electron chi connectivity index (χ3n) is 4.45. The number of rotatable bonds is 7. The quantitative estimate of drug-likeness (QED) is 0.685. The van der Waals surface area contributed by atoms with Gasteiger partial charge in [0.1, 0.15) is 11.4 Å². The molecule has 1 aromatic carbocycles. The normalized spacial score (nSPS) is 13.8. The zero-order valence-corrected chi connectivity index (χ0v) is 16.1. The molecule has 0 unspecified atom stereocenters. The topological polar surface area (TPSA) is 63.2 Å². The second-order valence-electron chi connectivity index (χ2n) is 6.48. The van der Waals surface area contributed by atoms with Crippen molar-refractivity contribution < 1.29 is 9.53 Å². The number of nitrogens with one attached hydrogen (secondary N) is 2. The van der Waals surface area contributed by atoms with Gasteiger partial charge < -0.3 is 15.4 Å². The highest BCUT2D eigenvalue weighted by atomic mass is 32.1. The summed E-state index contributed by atoms with van der Waals surface area (Å²) in [4.78, 5) is 16.7. The standard InChI is InChI=1S/C20H25N3O2S/c1-14-8-9-18(25-2)16(12-14)22-20-23-17(13-26-20)19(24)21-11-10-15-6-4-3-5-7-15/h6,8-9,12-13H,3-5,7,10-11H2,1-2H3,(H,21,24)(H,22,23). The lowest BCUT2D eigenvalue weighted by Crippen LogP contribution is -2.25. The van der Waals surface area contributed by atoms with E-state index in [1.54, 1.807) is 12.5 Å². The van der Waals surface area contributed by atoms with Gasteiger partial charge >= 0.3 is 0 Å². The number of nitrogens with zero attached hydrogens (tertiary/aromatic N) is 1. The van der Waals surface area contributed by atoms with E-state index in [-0.39, 0.29) is 5.91 Å². The summed E-state index contributed by atoms with van der Waals surface area (Å²) in [6, 6.07) is 5.91. The third-order valence-corrected chi connectivity index (χ3v) is 5.21. The van der Waals surface area contributed by atoms with Crippen LogP contribution >= 0.6 is 11.3 Å². The minimum atomic E-state index is -0.123. The first kappa shape index (κ1) is 18.5. The average Bonchev–Trinajstić information content (AvgIpc) is 3.11. The predicted molar refractivity (Wildman–Crippen MR) is 107 cm³/mol. The molecule has 0 aliphatic heterocycles. The number of allylic oxidation sites excluding steroid dienone is 1. The van der Waals surface area contributed by atoms with Crippen LogP contribution in [0.5, 0.6) is 5.75 Å². The summed E-state index contributed by atoms with van der Waals surface area (Å²) in [6.45, 7) is 2.68. The molecule has 6 heteroatoms. The van der Waals surface area contributed by atoms with Gasteiger partial charge in [0.25, 0.3) is 5.91 Å². The Kier molecular flexibility index (Phi) is 6.28. The van der Waals surface area contributed by atoms with Crippen molar-refractivity contribution in [3.05, 3.63) is 46.5 Å². The van der Waals surface area contributed by atoms with Gasteiger partial charge in [-0.15, -0.1) is 11.3 Å². The molecular weight excluding hydrogens is 346 g/mol. The first-order valence-electron chi connectivity index (χ1n) is 8.99. The Hall–Kier alpha value is -2.34.